The summed E-state index contributed by atoms with van der Waals surface area (Å²) in [5, 5.41) is 0.628. The van der Waals surface area contributed by atoms with Crippen molar-refractivity contribution in [3.8, 4) is 5.75 Å². The molecular weight excluding hydrogens is 414 g/mol. The summed E-state index contributed by atoms with van der Waals surface area (Å²) in [6.07, 6.45) is 0.799. The average Bonchev–Trinajstić information content (AvgIpc) is 3.21. The van der Waals surface area contributed by atoms with Crippen molar-refractivity contribution >= 4 is 38.6 Å². The number of rotatable bonds is 9. The first-order valence-corrected chi connectivity index (χ1v) is 10.9. The van der Waals surface area contributed by atoms with E-state index in [1.165, 1.54) is 18.4 Å². The SMILES string of the molecule is CCOc1cccc2sc(N(CCCN(C)C)C(=O)c3ccc(C(=O)OC)cc3)nc12. The van der Waals surface area contributed by atoms with Crippen LogP contribution in [-0.4, -0.2) is 62.7 Å². The van der Waals surface area contributed by atoms with E-state index in [1.807, 2.05) is 39.2 Å². The zero-order valence-corrected chi connectivity index (χ0v) is 19.1. The molecule has 0 saturated heterocycles. The molecule has 0 unspecified atom stereocenters. The largest absolute Gasteiger partial charge is 0.492 e. The molecule has 1 heterocycles. The quantitative estimate of drug-likeness (QED) is 0.466. The van der Waals surface area contributed by atoms with Crippen LogP contribution in [0.25, 0.3) is 10.2 Å². The third-order valence-corrected chi connectivity index (χ3v) is 5.73. The number of aromatic nitrogens is 1. The number of hydrogen-bond donors (Lipinski definition) is 0. The standard InChI is InChI=1S/C23H27N3O4S/c1-5-30-18-8-6-9-19-20(18)24-23(31-19)26(15-7-14-25(2)3)21(27)16-10-12-17(13-11-16)22(28)29-4/h6,8-13H,5,7,14-15H2,1-4H3. The Morgan fingerprint density at radius 1 is 1.03 bits per heavy atom. The fourth-order valence-corrected chi connectivity index (χ4v) is 4.16. The first-order chi connectivity index (χ1) is 14.9. The van der Waals surface area contributed by atoms with Crippen molar-refractivity contribution in [2.24, 2.45) is 0 Å². The number of para-hydroxylation sites is 1. The lowest BCUT2D eigenvalue weighted by molar-refractivity contribution is 0.0600. The van der Waals surface area contributed by atoms with Gasteiger partial charge in [0.15, 0.2) is 5.13 Å². The van der Waals surface area contributed by atoms with E-state index < -0.39 is 5.97 Å². The van der Waals surface area contributed by atoms with Crippen LogP contribution in [0.1, 0.15) is 34.1 Å². The van der Waals surface area contributed by atoms with E-state index in [9.17, 15) is 9.59 Å². The molecule has 3 aromatic rings. The van der Waals surface area contributed by atoms with Gasteiger partial charge >= 0.3 is 5.97 Å². The minimum absolute atomic E-state index is 0.160. The second-order valence-electron chi connectivity index (χ2n) is 7.21. The summed E-state index contributed by atoms with van der Waals surface area (Å²) >= 11 is 1.47. The van der Waals surface area contributed by atoms with Gasteiger partial charge in [-0.15, -0.1) is 0 Å². The predicted octanol–water partition coefficient (Wildman–Crippen LogP) is 4.08. The summed E-state index contributed by atoms with van der Waals surface area (Å²) in [7, 11) is 5.34. The van der Waals surface area contributed by atoms with Gasteiger partial charge in [0, 0.05) is 12.1 Å². The smallest absolute Gasteiger partial charge is 0.337 e. The Morgan fingerprint density at radius 3 is 2.39 bits per heavy atom. The number of anilines is 1. The average molecular weight is 442 g/mol. The molecule has 0 aliphatic carbocycles. The highest BCUT2D eigenvalue weighted by molar-refractivity contribution is 7.22. The predicted molar refractivity (Wildman–Crippen MR) is 123 cm³/mol. The molecule has 3 rings (SSSR count). The Kier molecular flexibility index (Phi) is 7.59. The first kappa shape index (κ1) is 22.7. The van der Waals surface area contributed by atoms with Crippen LogP contribution in [-0.2, 0) is 4.74 Å². The molecule has 0 bridgehead atoms. The van der Waals surface area contributed by atoms with Crippen LogP contribution < -0.4 is 9.64 Å². The Labute approximate surface area is 186 Å². The number of ether oxygens (including phenoxy) is 2. The summed E-state index contributed by atoms with van der Waals surface area (Å²) in [6.45, 7) is 3.85. The van der Waals surface area contributed by atoms with Crippen LogP contribution in [0, 0.1) is 0 Å². The Hall–Kier alpha value is -2.97. The summed E-state index contributed by atoms with van der Waals surface area (Å²) in [5.41, 5.74) is 1.65. The third kappa shape index (κ3) is 5.39. The number of benzene rings is 2. The lowest BCUT2D eigenvalue weighted by Gasteiger charge is -2.21. The number of esters is 1. The zero-order valence-electron chi connectivity index (χ0n) is 18.3. The maximum Gasteiger partial charge on any atom is 0.337 e. The molecule has 0 radical (unpaired) electrons. The van der Waals surface area contributed by atoms with Crippen LogP contribution in [0.2, 0.25) is 0 Å². The zero-order chi connectivity index (χ0) is 22.4. The van der Waals surface area contributed by atoms with Gasteiger partial charge in [-0.1, -0.05) is 17.4 Å². The number of carbonyl (C=O) groups excluding carboxylic acids is 2. The highest BCUT2D eigenvalue weighted by Crippen LogP contribution is 2.35. The molecular formula is C23H27N3O4S. The van der Waals surface area contributed by atoms with Crippen molar-refractivity contribution in [2.45, 2.75) is 13.3 Å². The lowest BCUT2D eigenvalue weighted by Crippen LogP contribution is -2.33. The fourth-order valence-electron chi connectivity index (χ4n) is 3.15. The molecule has 1 aromatic heterocycles. The van der Waals surface area contributed by atoms with E-state index >= 15 is 0 Å². The third-order valence-electron chi connectivity index (χ3n) is 4.69. The second-order valence-corrected chi connectivity index (χ2v) is 8.22. The van der Waals surface area contributed by atoms with Gasteiger partial charge in [-0.05, 0) is 70.4 Å². The number of fused-ring (bicyclic) bond motifs is 1. The normalized spacial score (nSPS) is 11.0. The van der Waals surface area contributed by atoms with Crippen molar-refractivity contribution in [2.75, 3.05) is 45.8 Å². The van der Waals surface area contributed by atoms with E-state index in [2.05, 4.69) is 4.90 Å². The second kappa shape index (κ2) is 10.4. The maximum absolute atomic E-state index is 13.4. The van der Waals surface area contributed by atoms with Gasteiger partial charge < -0.3 is 14.4 Å². The van der Waals surface area contributed by atoms with Gasteiger partial charge in [0.1, 0.15) is 11.3 Å². The molecule has 0 fully saturated rings. The molecule has 1 amide bonds. The van der Waals surface area contributed by atoms with Crippen molar-refractivity contribution < 1.29 is 19.1 Å². The molecule has 0 N–H and O–H groups in total. The van der Waals surface area contributed by atoms with Gasteiger partial charge in [0.25, 0.3) is 5.91 Å². The van der Waals surface area contributed by atoms with Crippen LogP contribution in [0.15, 0.2) is 42.5 Å². The Morgan fingerprint density at radius 2 is 1.74 bits per heavy atom. The molecule has 164 valence electrons. The minimum atomic E-state index is -0.434. The van der Waals surface area contributed by atoms with Crippen LogP contribution in [0.3, 0.4) is 0 Å². The minimum Gasteiger partial charge on any atom is -0.492 e. The summed E-state index contributed by atoms with van der Waals surface area (Å²) in [4.78, 5) is 33.6. The number of carbonyl (C=O) groups is 2. The summed E-state index contributed by atoms with van der Waals surface area (Å²) < 4.78 is 11.4. The number of thiazole rings is 1. The first-order valence-electron chi connectivity index (χ1n) is 10.1. The molecule has 31 heavy (non-hydrogen) atoms. The molecule has 2 aromatic carbocycles. The molecule has 0 aliphatic rings. The van der Waals surface area contributed by atoms with E-state index in [0.717, 1.165) is 23.2 Å². The Bertz CT molecular complexity index is 1050. The van der Waals surface area contributed by atoms with Crippen molar-refractivity contribution in [3.05, 3.63) is 53.6 Å². The lowest BCUT2D eigenvalue weighted by atomic mass is 10.1. The maximum atomic E-state index is 13.4. The number of hydrogen-bond acceptors (Lipinski definition) is 7. The van der Waals surface area contributed by atoms with Gasteiger partial charge in [-0.2, -0.15) is 0 Å². The molecule has 0 aliphatic heterocycles. The number of methoxy groups -OCH3 is 1. The van der Waals surface area contributed by atoms with Crippen molar-refractivity contribution in [1.82, 2.24) is 9.88 Å². The molecule has 0 atom stereocenters. The highest BCUT2D eigenvalue weighted by atomic mass is 32.1. The molecule has 0 saturated carbocycles. The van der Waals surface area contributed by atoms with E-state index in [1.54, 1.807) is 29.2 Å². The topological polar surface area (TPSA) is 72.0 Å². The van der Waals surface area contributed by atoms with E-state index in [4.69, 9.17) is 14.5 Å². The van der Waals surface area contributed by atoms with Crippen molar-refractivity contribution in [3.63, 3.8) is 0 Å². The fraction of sp³-hybridized carbons (Fsp3) is 0.348. The number of nitrogens with zero attached hydrogens (tertiary/aromatic N) is 3. The molecule has 8 heteroatoms. The van der Waals surface area contributed by atoms with Gasteiger partial charge in [0.2, 0.25) is 0 Å². The monoisotopic (exact) mass is 441 g/mol. The van der Waals surface area contributed by atoms with Gasteiger partial charge in [-0.25, -0.2) is 9.78 Å². The summed E-state index contributed by atoms with van der Waals surface area (Å²) in [6, 6.07) is 12.3. The highest BCUT2D eigenvalue weighted by Gasteiger charge is 2.22. The van der Waals surface area contributed by atoms with Crippen LogP contribution in [0.5, 0.6) is 5.75 Å². The van der Waals surface area contributed by atoms with Gasteiger partial charge in [-0.3, -0.25) is 9.69 Å². The van der Waals surface area contributed by atoms with E-state index in [0.29, 0.717) is 35.2 Å². The van der Waals surface area contributed by atoms with E-state index in [-0.39, 0.29) is 5.91 Å². The Balaban J connectivity index is 1.94. The van der Waals surface area contributed by atoms with Crippen LogP contribution >= 0.6 is 11.3 Å². The van der Waals surface area contributed by atoms with Crippen molar-refractivity contribution in [1.29, 1.82) is 0 Å². The summed E-state index contributed by atoms with van der Waals surface area (Å²) in [5.74, 6) is 0.120. The molecule has 0 spiro atoms. The number of amides is 1. The van der Waals surface area contributed by atoms with Crippen LogP contribution in [0.4, 0.5) is 5.13 Å². The van der Waals surface area contributed by atoms with Gasteiger partial charge in [0.05, 0.1) is 24.0 Å². The molecule has 7 nitrogen and oxygen atoms in total.